The van der Waals surface area contributed by atoms with E-state index in [4.69, 9.17) is 4.74 Å². The maximum atomic E-state index is 13.0. The van der Waals surface area contributed by atoms with Gasteiger partial charge in [-0.1, -0.05) is 24.3 Å². The van der Waals surface area contributed by atoms with Gasteiger partial charge >= 0.3 is 0 Å². The van der Waals surface area contributed by atoms with Crippen LogP contribution in [0.5, 0.6) is 0 Å². The molecule has 1 saturated heterocycles. The molecule has 7 heteroatoms. The summed E-state index contributed by atoms with van der Waals surface area (Å²) < 4.78 is 5.20. The van der Waals surface area contributed by atoms with Crippen molar-refractivity contribution in [3.8, 4) is 0 Å². The molecule has 3 rings (SSSR count). The molecule has 0 unspecified atom stereocenters. The Balaban J connectivity index is 1.54. The monoisotopic (exact) mass is 452 g/mol. The largest absolute Gasteiger partial charge is 0.383 e. The zero-order valence-electron chi connectivity index (χ0n) is 20.3. The molecule has 7 nitrogen and oxygen atoms in total. The second-order valence-corrected chi connectivity index (χ2v) is 8.71. The van der Waals surface area contributed by atoms with Gasteiger partial charge < -0.3 is 19.9 Å². The van der Waals surface area contributed by atoms with Gasteiger partial charge in [0.15, 0.2) is 0 Å². The number of anilines is 2. The van der Waals surface area contributed by atoms with Crippen molar-refractivity contribution in [1.29, 1.82) is 0 Å². The van der Waals surface area contributed by atoms with Crippen LogP contribution in [0.15, 0.2) is 42.5 Å². The molecule has 0 aromatic heterocycles. The van der Waals surface area contributed by atoms with Gasteiger partial charge in [0.05, 0.1) is 19.7 Å². The summed E-state index contributed by atoms with van der Waals surface area (Å²) in [6.07, 6.45) is 0. The minimum absolute atomic E-state index is 0.0505. The average molecular weight is 453 g/mol. The van der Waals surface area contributed by atoms with Crippen LogP contribution in [-0.2, 0) is 14.3 Å². The van der Waals surface area contributed by atoms with Crippen LogP contribution in [0.25, 0.3) is 0 Å². The number of hydrogen-bond acceptors (Lipinski definition) is 5. The summed E-state index contributed by atoms with van der Waals surface area (Å²) in [6, 6.07) is 14.3. The zero-order chi connectivity index (χ0) is 23.8. The highest BCUT2D eigenvalue weighted by atomic mass is 16.5. The van der Waals surface area contributed by atoms with Gasteiger partial charge in [0.1, 0.15) is 0 Å². The molecule has 2 amide bonds. The van der Waals surface area contributed by atoms with E-state index >= 15 is 0 Å². The van der Waals surface area contributed by atoms with Gasteiger partial charge in [-0.15, -0.1) is 0 Å². The molecule has 1 fully saturated rings. The van der Waals surface area contributed by atoms with Crippen molar-refractivity contribution >= 4 is 23.2 Å². The Hall–Kier alpha value is -2.90. The van der Waals surface area contributed by atoms with E-state index in [0.717, 1.165) is 29.9 Å². The first-order chi connectivity index (χ1) is 15.9. The van der Waals surface area contributed by atoms with E-state index in [0.29, 0.717) is 26.2 Å². The molecule has 0 radical (unpaired) electrons. The van der Waals surface area contributed by atoms with Crippen LogP contribution in [0, 0.1) is 20.8 Å². The standard InChI is InChI=1S/C26H36N4O3/c1-20-7-5-9-23(17-20)29-11-13-30(14-12-29)26(32)19-28(15-16-33-4)18-25(31)27-24-10-6-8-21(2)22(24)3/h5-10,17H,11-16,18-19H2,1-4H3,(H,27,31). The van der Waals surface area contributed by atoms with Gasteiger partial charge in [-0.25, -0.2) is 0 Å². The molecule has 0 atom stereocenters. The summed E-state index contributed by atoms with van der Waals surface area (Å²) in [5.74, 6) is -0.0774. The molecule has 33 heavy (non-hydrogen) atoms. The van der Waals surface area contributed by atoms with Gasteiger partial charge in [-0.3, -0.25) is 14.5 Å². The molecule has 0 spiro atoms. The summed E-state index contributed by atoms with van der Waals surface area (Å²) in [7, 11) is 1.63. The first-order valence-corrected chi connectivity index (χ1v) is 11.5. The summed E-state index contributed by atoms with van der Waals surface area (Å²) in [4.78, 5) is 31.8. The van der Waals surface area contributed by atoms with Crippen molar-refractivity contribution < 1.29 is 14.3 Å². The average Bonchev–Trinajstić information content (AvgIpc) is 2.80. The lowest BCUT2D eigenvalue weighted by molar-refractivity contribution is -0.133. The van der Waals surface area contributed by atoms with E-state index in [-0.39, 0.29) is 24.9 Å². The maximum Gasteiger partial charge on any atom is 0.238 e. The highest BCUT2D eigenvalue weighted by Crippen LogP contribution is 2.19. The highest BCUT2D eigenvalue weighted by Gasteiger charge is 2.24. The lowest BCUT2D eigenvalue weighted by atomic mass is 10.1. The van der Waals surface area contributed by atoms with Crippen LogP contribution >= 0.6 is 0 Å². The number of piperazine rings is 1. The summed E-state index contributed by atoms with van der Waals surface area (Å²) >= 11 is 0. The number of hydrogen-bond donors (Lipinski definition) is 1. The number of methoxy groups -OCH3 is 1. The molecule has 1 N–H and O–H groups in total. The van der Waals surface area contributed by atoms with E-state index < -0.39 is 0 Å². The smallest absolute Gasteiger partial charge is 0.238 e. The number of amides is 2. The van der Waals surface area contributed by atoms with Gasteiger partial charge in [-0.2, -0.15) is 0 Å². The molecule has 1 aliphatic heterocycles. The zero-order valence-corrected chi connectivity index (χ0v) is 20.3. The second kappa shape index (κ2) is 11.8. The van der Waals surface area contributed by atoms with E-state index in [9.17, 15) is 9.59 Å². The first kappa shape index (κ1) is 24.7. The quantitative estimate of drug-likeness (QED) is 0.634. The number of rotatable bonds is 9. The van der Waals surface area contributed by atoms with Crippen molar-refractivity contribution in [3.63, 3.8) is 0 Å². The third-order valence-electron chi connectivity index (χ3n) is 6.22. The van der Waals surface area contributed by atoms with Gasteiger partial charge in [0.25, 0.3) is 0 Å². The number of benzene rings is 2. The predicted octanol–water partition coefficient (Wildman–Crippen LogP) is 2.85. The van der Waals surface area contributed by atoms with Crippen molar-refractivity contribution in [1.82, 2.24) is 9.80 Å². The topological polar surface area (TPSA) is 65.1 Å². The number of aryl methyl sites for hydroxylation is 2. The van der Waals surface area contributed by atoms with E-state index in [1.54, 1.807) is 7.11 Å². The molecule has 1 aliphatic rings. The Morgan fingerprint density at radius 1 is 1.00 bits per heavy atom. The number of nitrogens with one attached hydrogen (secondary N) is 1. The van der Waals surface area contributed by atoms with Crippen LogP contribution in [0.1, 0.15) is 16.7 Å². The Labute approximate surface area is 197 Å². The molecular weight excluding hydrogens is 416 g/mol. The van der Waals surface area contributed by atoms with Crippen LogP contribution in [0.2, 0.25) is 0 Å². The van der Waals surface area contributed by atoms with Gasteiger partial charge in [0, 0.05) is 51.2 Å². The molecule has 1 heterocycles. The lowest BCUT2D eigenvalue weighted by Crippen LogP contribution is -2.52. The van der Waals surface area contributed by atoms with Crippen molar-refractivity contribution in [2.24, 2.45) is 0 Å². The Morgan fingerprint density at radius 2 is 1.73 bits per heavy atom. The Kier molecular flexibility index (Phi) is 8.86. The van der Waals surface area contributed by atoms with Gasteiger partial charge in [-0.05, 0) is 55.7 Å². The Morgan fingerprint density at radius 3 is 2.42 bits per heavy atom. The SMILES string of the molecule is COCCN(CC(=O)Nc1cccc(C)c1C)CC(=O)N1CCN(c2cccc(C)c2)CC1. The predicted molar refractivity (Wildman–Crippen MR) is 133 cm³/mol. The second-order valence-electron chi connectivity index (χ2n) is 8.71. The number of nitrogens with zero attached hydrogens (tertiary/aromatic N) is 3. The van der Waals surface area contributed by atoms with Crippen molar-refractivity contribution in [2.75, 3.05) is 69.7 Å². The summed E-state index contributed by atoms with van der Waals surface area (Å²) in [5.41, 5.74) is 5.43. The van der Waals surface area contributed by atoms with E-state index in [1.807, 2.05) is 41.8 Å². The maximum absolute atomic E-state index is 13.0. The summed E-state index contributed by atoms with van der Waals surface area (Å²) in [5, 5.41) is 2.99. The number of ether oxygens (including phenoxy) is 1. The van der Waals surface area contributed by atoms with Crippen LogP contribution < -0.4 is 10.2 Å². The third-order valence-corrected chi connectivity index (χ3v) is 6.22. The number of carbonyl (C=O) groups excluding carboxylic acids is 2. The van der Waals surface area contributed by atoms with Crippen LogP contribution in [0.4, 0.5) is 11.4 Å². The molecule has 0 bridgehead atoms. The first-order valence-electron chi connectivity index (χ1n) is 11.5. The van der Waals surface area contributed by atoms with Crippen molar-refractivity contribution in [2.45, 2.75) is 20.8 Å². The van der Waals surface area contributed by atoms with E-state index in [1.165, 1.54) is 11.3 Å². The molecule has 0 saturated carbocycles. The molecule has 0 aliphatic carbocycles. The van der Waals surface area contributed by atoms with E-state index in [2.05, 4.69) is 41.4 Å². The molecular formula is C26H36N4O3. The fourth-order valence-electron chi connectivity index (χ4n) is 4.04. The number of carbonyl (C=O) groups is 2. The fourth-order valence-corrected chi connectivity index (χ4v) is 4.04. The lowest BCUT2D eigenvalue weighted by Gasteiger charge is -2.37. The fraction of sp³-hybridized carbons (Fsp3) is 0.462. The van der Waals surface area contributed by atoms with Crippen LogP contribution in [-0.4, -0.2) is 81.1 Å². The van der Waals surface area contributed by atoms with Gasteiger partial charge in [0.2, 0.25) is 11.8 Å². The normalized spacial score (nSPS) is 14.0. The minimum Gasteiger partial charge on any atom is -0.383 e. The van der Waals surface area contributed by atoms with Crippen molar-refractivity contribution in [3.05, 3.63) is 59.2 Å². The third kappa shape index (κ3) is 7.04. The highest BCUT2D eigenvalue weighted by molar-refractivity contribution is 5.93. The minimum atomic E-state index is -0.128. The Bertz CT molecular complexity index is 954. The molecule has 2 aromatic carbocycles. The molecule has 2 aromatic rings. The summed E-state index contributed by atoms with van der Waals surface area (Å²) in [6.45, 7) is 10.4. The van der Waals surface area contributed by atoms with Crippen LogP contribution in [0.3, 0.4) is 0 Å². The molecule has 178 valence electrons.